The number of aliphatic hydroxyl groups excluding tert-OH is 1. The predicted octanol–water partition coefficient (Wildman–Crippen LogP) is 11.2. The molecule has 1 N–H and O–H groups in total. The maximum Gasteiger partial charge on any atom is 0.162 e. The molecule has 0 bridgehead atoms. The summed E-state index contributed by atoms with van der Waals surface area (Å²) < 4.78 is 0. The van der Waals surface area contributed by atoms with E-state index in [1.54, 1.807) is 6.33 Å². The first-order valence-electron chi connectivity index (χ1n) is 17.8. The van der Waals surface area contributed by atoms with E-state index in [-0.39, 0.29) is 48.9 Å². The Bertz CT molecular complexity index is 1710. The maximum atomic E-state index is 11.7. The minimum absolute atomic E-state index is 0. The Kier molecular flexibility index (Phi) is 14.3. The number of nitrogens with zero attached hydrogens (tertiary/aromatic N) is 2. The van der Waals surface area contributed by atoms with Gasteiger partial charge in [0.1, 0.15) is 6.33 Å². The molecule has 0 unspecified atom stereocenters. The zero-order valence-electron chi connectivity index (χ0n) is 30.5. The standard InChI is InChI=1S/C30H31N2.C13H24O2.Ir/c1-19(2)14-20-10-12-25-22(15-20)11-13-26-28(31-18-32-29(25)26)23-16-21-8-6-7-9-24(21)27(17-23)30(3,4)5;1-5-10(6-2)12(14)9-13(15)11(7-3)8-4;/h6-10,12,15,17-19H,11,13-14H2,1-5H3;9-11,14H,5-8H2,1-4H3;/q-1;;/b;12-9-;. The Morgan fingerprint density at radius 1 is 0.896 bits per heavy atom. The molecule has 1 radical (unpaired) electrons. The topological polar surface area (TPSA) is 63.1 Å². The van der Waals surface area contributed by atoms with E-state index in [1.165, 1.54) is 39.3 Å². The Morgan fingerprint density at radius 2 is 1.54 bits per heavy atom. The maximum absolute atomic E-state index is 11.7. The van der Waals surface area contributed by atoms with Gasteiger partial charge in [-0.1, -0.05) is 110 Å². The first-order valence-corrected chi connectivity index (χ1v) is 17.8. The van der Waals surface area contributed by atoms with Gasteiger partial charge in [-0.25, -0.2) is 4.98 Å². The van der Waals surface area contributed by atoms with Crippen LogP contribution in [0.5, 0.6) is 0 Å². The summed E-state index contributed by atoms with van der Waals surface area (Å²) in [4.78, 5) is 21.2. The Balaban J connectivity index is 0.000000334. The molecule has 5 rings (SSSR count). The molecule has 0 saturated carbocycles. The van der Waals surface area contributed by atoms with E-state index in [4.69, 9.17) is 9.97 Å². The van der Waals surface area contributed by atoms with Crippen molar-refractivity contribution >= 4 is 16.6 Å². The van der Waals surface area contributed by atoms with Crippen molar-refractivity contribution in [2.45, 2.75) is 113 Å². The molecule has 1 aromatic heterocycles. The molecular formula is C43H55IrN2O2-. The van der Waals surface area contributed by atoms with Crippen LogP contribution >= 0.6 is 0 Å². The Hall–Kier alpha value is -3.14. The van der Waals surface area contributed by atoms with Crippen LogP contribution in [0.2, 0.25) is 0 Å². The summed E-state index contributed by atoms with van der Waals surface area (Å²) >= 11 is 0. The van der Waals surface area contributed by atoms with Gasteiger partial charge in [-0.15, -0.1) is 29.1 Å². The van der Waals surface area contributed by atoms with Gasteiger partial charge in [0.15, 0.2) is 5.78 Å². The number of hydrogen-bond donors (Lipinski definition) is 1. The molecule has 0 saturated heterocycles. The third-order valence-corrected chi connectivity index (χ3v) is 9.58. The molecule has 4 nitrogen and oxygen atoms in total. The molecule has 0 fully saturated rings. The minimum atomic E-state index is 0. The molecule has 1 heterocycles. The van der Waals surface area contributed by atoms with Crippen molar-refractivity contribution in [1.82, 2.24) is 9.97 Å². The van der Waals surface area contributed by atoms with Gasteiger partial charge in [0.2, 0.25) is 0 Å². The largest absolute Gasteiger partial charge is 0.512 e. The van der Waals surface area contributed by atoms with E-state index < -0.39 is 0 Å². The zero-order valence-corrected chi connectivity index (χ0v) is 32.9. The minimum Gasteiger partial charge on any atom is -0.512 e. The third kappa shape index (κ3) is 9.30. The van der Waals surface area contributed by atoms with E-state index >= 15 is 0 Å². The molecule has 3 aromatic carbocycles. The fourth-order valence-corrected chi connectivity index (χ4v) is 6.81. The van der Waals surface area contributed by atoms with Crippen molar-refractivity contribution in [3.63, 3.8) is 0 Å². The number of aliphatic hydroxyl groups is 1. The van der Waals surface area contributed by atoms with Crippen LogP contribution in [0.1, 0.15) is 110 Å². The molecular weight excluding hydrogens is 769 g/mol. The van der Waals surface area contributed by atoms with Crippen LogP contribution in [0.25, 0.3) is 33.3 Å². The molecule has 48 heavy (non-hydrogen) atoms. The number of carbonyl (C=O) groups is 1. The van der Waals surface area contributed by atoms with Crippen molar-refractivity contribution < 1.29 is 30.0 Å². The van der Waals surface area contributed by atoms with Crippen LogP contribution < -0.4 is 0 Å². The molecule has 0 spiro atoms. The molecule has 1 aliphatic rings. The van der Waals surface area contributed by atoms with Crippen LogP contribution in [-0.2, 0) is 49.6 Å². The van der Waals surface area contributed by atoms with Gasteiger partial charge in [0, 0.05) is 49.3 Å². The fourth-order valence-electron chi connectivity index (χ4n) is 6.81. The smallest absolute Gasteiger partial charge is 0.162 e. The Labute approximate surface area is 303 Å². The second kappa shape index (κ2) is 17.5. The van der Waals surface area contributed by atoms with Gasteiger partial charge in [-0.05, 0) is 73.0 Å². The van der Waals surface area contributed by atoms with Crippen molar-refractivity contribution in [1.29, 1.82) is 0 Å². The summed E-state index contributed by atoms with van der Waals surface area (Å²) in [5, 5.41) is 12.2. The van der Waals surface area contributed by atoms with Crippen LogP contribution in [0.4, 0.5) is 0 Å². The monoisotopic (exact) mass is 824 g/mol. The normalized spacial score (nSPS) is 12.8. The van der Waals surface area contributed by atoms with E-state index in [0.29, 0.717) is 5.92 Å². The van der Waals surface area contributed by atoms with E-state index in [1.807, 2.05) is 27.7 Å². The van der Waals surface area contributed by atoms with E-state index in [9.17, 15) is 9.90 Å². The number of hydrogen-bond acceptors (Lipinski definition) is 4. The molecule has 0 aliphatic heterocycles. The Morgan fingerprint density at radius 3 is 2.17 bits per heavy atom. The molecule has 5 heteroatoms. The van der Waals surface area contributed by atoms with Crippen LogP contribution in [0.3, 0.4) is 0 Å². The molecule has 0 atom stereocenters. The molecule has 259 valence electrons. The van der Waals surface area contributed by atoms with Crippen molar-refractivity contribution in [3.05, 3.63) is 95.0 Å². The number of rotatable bonds is 10. The first-order chi connectivity index (χ1) is 22.4. The summed E-state index contributed by atoms with van der Waals surface area (Å²) in [6.45, 7) is 19.5. The number of aromatic nitrogens is 2. The van der Waals surface area contributed by atoms with Crippen LogP contribution in [0.15, 0.2) is 66.7 Å². The number of ketones is 1. The van der Waals surface area contributed by atoms with Gasteiger partial charge in [-0.3, -0.25) is 9.78 Å². The second-order valence-electron chi connectivity index (χ2n) is 14.5. The molecule has 1 aliphatic carbocycles. The summed E-state index contributed by atoms with van der Waals surface area (Å²) in [5.74, 6) is 1.21. The fraction of sp³-hybridized carbons (Fsp3) is 0.465. The second-order valence-corrected chi connectivity index (χ2v) is 14.5. The third-order valence-electron chi connectivity index (χ3n) is 9.58. The first kappa shape index (κ1) is 39.3. The van der Waals surface area contributed by atoms with Gasteiger partial charge in [-0.2, -0.15) is 0 Å². The zero-order chi connectivity index (χ0) is 34.3. The summed E-state index contributed by atoms with van der Waals surface area (Å²) in [5.41, 5.74) is 9.93. The predicted molar refractivity (Wildman–Crippen MR) is 198 cm³/mol. The van der Waals surface area contributed by atoms with Crippen molar-refractivity contribution in [2.75, 3.05) is 0 Å². The average molecular weight is 824 g/mol. The quantitative estimate of drug-likeness (QED) is 0.0983. The molecule has 0 amide bonds. The van der Waals surface area contributed by atoms with Crippen LogP contribution in [-0.4, -0.2) is 20.9 Å². The van der Waals surface area contributed by atoms with Gasteiger partial charge in [0.25, 0.3) is 0 Å². The molecule has 4 aromatic rings. The number of fused-ring (bicyclic) bond motifs is 4. The summed E-state index contributed by atoms with van der Waals surface area (Å²) in [7, 11) is 0. The SMILES string of the molecule is CC(C)Cc1ccc2c(c1)CCc1c(-c3[c-]c4ccccc4c(C(C)(C)C)c3)ncnc1-2.CCC(CC)C(=O)/C=C(\O)C(CC)CC.[Ir]. The van der Waals surface area contributed by atoms with Gasteiger partial charge < -0.3 is 5.11 Å². The van der Waals surface area contributed by atoms with E-state index in [2.05, 4.69) is 89.2 Å². The summed E-state index contributed by atoms with van der Waals surface area (Å²) in [6, 6.07) is 21.5. The van der Waals surface area contributed by atoms with Crippen molar-refractivity contribution in [3.8, 4) is 22.5 Å². The van der Waals surface area contributed by atoms with E-state index in [0.717, 1.165) is 67.3 Å². The number of carbonyl (C=O) groups excluding carboxylic acids is 1. The van der Waals surface area contributed by atoms with Crippen LogP contribution in [0, 0.1) is 23.8 Å². The number of allylic oxidation sites excluding steroid dienone is 2. The van der Waals surface area contributed by atoms with Gasteiger partial charge in [0.05, 0.1) is 11.5 Å². The number of benzene rings is 3. The summed E-state index contributed by atoms with van der Waals surface area (Å²) in [6.07, 6.45) is 9.76. The average Bonchev–Trinajstić information content (AvgIpc) is 3.04. The van der Waals surface area contributed by atoms with Crippen molar-refractivity contribution in [2.24, 2.45) is 17.8 Å². The van der Waals surface area contributed by atoms with Gasteiger partial charge >= 0.3 is 0 Å². The number of aryl methyl sites for hydroxylation is 1.